The van der Waals surface area contributed by atoms with Gasteiger partial charge in [0.05, 0.1) is 11.2 Å². The van der Waals surface area contributed by atoms with Crippen LogP contribution in [0.5, 0.6) is 0 Å². The molecule has 0 amide bonds. The third-order valence-electron chi connectivity index (χ3n) is 2.95. The summed E-state index contributed by atoms with van der Waals surface area (Å²) in [5.74, 6) is 0.898. The van der Waals surface area contributed by atoms with Crippen LogP contribution >= 0.6 is 22.6 Å². The SMILES string of the molecule is CC1CCC(CI)(OC(C)(C)C)CC1. The Morgan fingerprint density at radius 2 is 1.79 bits per heavy atom. The lowest BCUT2D eigenvalue weighted by atomic mass is 9.80. The molecule has 1 aliphatic rings. The summed E-state index contributed by atoms with van der Waals surface area (Å²) in [6.45, 7) is 8.85. The van der Waals surface area contributed by atoms with Crippen LogP contribution in [0.25, 0.3) is 0 Å². The van der Waals surface area contributed by atoms with E-state index in [9.17, 15) is 0 Å². The van der Waals surface area contributed by atoms with Crippen LogP contribution in [0.4, 0.5) is 0 Å². The van der Waals surface area contributed by atoms with E-state index in [1.54, 1.807) is 0 Å². The monoisotopic (exact) mass is 310 g/mol. The standard InChI is InChI=1S/C12H23IO/c1-10-5-7-12(9-13,8-6-10)14-11(2,3)4/h10H,5-9H2,1-4H3. The van der Waals surface area contributed by atoms with Gasteiger partial charge in [0.15, 0.2) is 0 Å². The number of halogens is 1. The Balaban J connectivity index is 2.59. The zero-order valence-electron chi connectivity index (χ0n) is 9.90. The molecule has 1 saturated carbocycles. The van der Waals surface area contributed by atoms with Crippen LogP contribution in [0.2, 0.25) is 0 Å². The molecule has 0 aromatic rings. The summed E-state index contributed by atoms with van der Waals surface area (Å²) in [6, 6.07) is 0. The molecule has 2 heteroatoms. The van der Waals surface area contributed by atoms with Crippen molar-refractivity contribution in [2.45, 2.75) is 64.6 Å². The first kappa shape index (κ1) is 12.8. The lowest BCUT2D eigenvalue weighted by Crippen LogP contribution is -2.44. The first-order valence-corrected chi connectivity index (χ1v) is 7.16. The average molecular weight is 310 g/mol. The fraction of sp³-hybridized carbons (Fsp3) is 1.00. The summed E-state index contributed by atoms with van der Waals surface area (Å²) in [4.78, 5) is 0. The van der Waals surface area contributed by atoms with Crippen molar-refractivity contribution in [2.24, 2.45) is 5.92 Å². The average Bonchev–Trinajstić information content (AvgIpc) is 2.07. The van der Waals surface area contributed by atoms with Crippen molar-refractivity contribution < 1.29 is 4.74 Å². The molecule has 0 aliphatic heterocycles. The molecule has 0 spiro atoms. The second-order valence-corrected chi connectivity index (χ2v) is 6.48. The van der Waals surface area contributed by atoms with E-state index in [1.807, 2.05) is 0 Å². The molecule has 0 bridgehead atoms. The summed E-state index contributed by atoms with van der Waals surface area (Å²) in [7, 11) is 0. The number of rotatable bonds is 2. The molecule has 0 radical (unpaired) electrons. The highest BCUT2D eigenvalue weighted by atomic mass is 127. The van der Waals surface area contributed by atoms with Gasteiger partial charge in [-0.3, -0.25) is 0 Å². The fourth-order valence-corrected chi connectivity index (χ4v) is 3.12. The van der Waals surface area contributed by atoms with E-state index in [2.05, 4.69) is 50.3 Å². The van der Waals surface area contributed by atoms with Crippen LogP contribution in [0.15, 0.2) is 0 Å². The maximum atomic E-state index is 6.26. The normalized spacial score (nSPS) is 34.5. The Morgan fingerprint density at radius 1 is 1.29 bits per heavy atom. The smallest absolute Gasteiger partial charge is 0.0778 e. The molecule has 84 valence electrons. The first-order valence-electron chi connectivity index (χ1n) is 5.63. The van der Waals surface area contributed by atoms with Gasteiger partial charge in [0.25, 0.3) is 0 Å². The second kappa shape index (κ2) is 4.69. The molecule has 1 rings (SSSR count). The molecule has 1 nitrogen and oxygen atoms in total. The van der Waals surface area contributed by atoms with Gasteiger partial charge < -0.3 is 4.74 Å². The summed E-state index contributed by atoms with van der Waals surface area (Å²) < 4.78 is 7.39. The van der Waals surface area contributed by atoms with E-state index in [0.29, 0.717) is 0 Å². The zero-order chi connectivity index (χ0) is 10.8. The van der Waals surface area contributed by atoms with Crippen molar-refractivity contribution in [1.29, 1.82) is 0 Å². The highest BCUT2D eigenvalue weighted by Crippen LogP contribution is 2.38. The van der Waals surface area contributed by atoms with Crippen LogP contribution in [0, 0.1) is 5.92 Å². The maximum absolute atomic E-state index is 6.26. The van der Waals surface area contributed by atoms with E-state index in [4.69, 9.17) is 4.74 Å². The van der Waals surface area contributed by atoms with Gasteiger partial charge in [-0.25, -0.2) is 0 Å². The molecule has 0 saturated heterocycles. The predicted molar refractivity (Wildman–Crippen MR) is 70.1 cm³/mol. The molecular weight excluding hydrogens is 287 g/mol. The van der Waals surface area contributed by atoms with Crippen molar-refractivity contribution in [2.75, 3.05) is 4.43 Å². The highest BCUT2D eigenvalue weighted by molar-refractivity contribution is 14.1. The molecule has 1 aliphatic carbocycles. The van der Waals surface area contributed by atoms with Crippen molar-refractivity contribution in [3.63, 3.8) is 0 Å². The van der Waals surface area contributed by atoms with Gasteiger partial charge in [-0.15, -0.1) is 0 Å². The molecule has 0 N–H and O–H groups in total. The molecule has 14 heavy (non-hydrogen) atoms. The Hall–Kier alpha value is 0.690. The number of alkyl halides is 1. The van der Waals surface area contributed by atoms with Crippen LogP contribution in [-0.2, 0) is 4.74 Å². The molecule has 0 heterocycles. The Labute approximate surface area is 102 Å². The minimum absolute atomic E-state index is 0.00570. The van der Waals surface area contributed by atoms with Crippen molar-refractivity contribution in [1.82, 2.24) is 0 Å². The third kappa shape index (κ3) is 3.69. The predicted octanol–water partition coefficient (Wildman–Crippen LogP) is 4.19. The summed E-state index contributed by atoms with van der Waals surface area (Å²) in [5.41, 5.74) is 0.178. The van der Waals surface area contributed by atoms with Gasteiger partial charge in [0.2, 0.25) is 0 Å². The second-order valence-electron chi connectivity index (χ2n) is 5.71. The maximum Gasteiger partial charge on any atom is 0.0778 e. The molecule has 1 fully saturated rings. The van der Waals surface area contributed by atoms with Gasteiger partial charge in [0.1, 0.15) is 0 Å². The number of hydrogen-bond acceptors (Lipinski definition) is 1. The summed E-state index contributed by atoms with van der Waals surface area (Å²) in [5, 5.41) is 0. The van der Waals surface area contributed by atoms with E-state index >= 15 is 0 Å². The van der Waals surface area contributed by atoms with Crippen molar-refractivity contribution in [3.8, 4) is 0 Å². The summed E-state index contributed by atoms with van der Waals surface area (Å²) >= 11 is 2.48. The van der Waals surface area contributed by atoms with Gasteiger partial charge in [-0.2, -0.15) is 0 Å². The first-order chi connectivity index (χ1) is 6.37. The van der Waals surface area contributed by atoms with Crippen LogP contribution < -0.4 is 0 Å². The van der Waals surface area contributed by atoms with Gasteiger partial charge >= 0.3 is 0 Å². The number of hydrogen-bond donors (Lipinski definition) is 0. The summed E-state index contributed by atoms with van der Waals surface area (Å²) in [6.07, 6.45) is 5.15. The topological polar surface area (TPSA) is 9.23 Å². The minimum atomic E-state index is 0.00570. The number of ether oxygens (including phenoxy) is 1. The quantitative estimate of drug-likeness (QED) is 0.549. The van der Waals surface area contributed by atoms with Crippen LogP contribution in [-0.4, -0.2) is 15.6 Å². The van der Waals surface area contributed by atoms with E-state index in [1.165, 1.54) is 25.7 Å². The molecule has 0 atom stereocenters. The van der Waals surface area contributed by atoms with Crippen molar-refractivity contribution >= 4 is 22.6 Å². The van der Waals surface area contributed by atoms with Gasteiger partial charge in [-0.1, -0.05) is 29.5 Å². The Morgan fingerprint density at radius 3 is 2.14 bits per heavy atom. The molecular formula is C12H23IO. The highest BCUT2D eigenvalue weighted by Gasteiger charge is 2.37. The van der Waals surface area contributed by atoms with Crippen LogP contribution in [0.3, 0.4) is 0 Å². The van der Waals surface area contributed by atoms with Gasteiger partial charge in [-0.05, 0) is 52.4 Å². The lowest BCUT2D eigenvalue weighted by molar-refractivity contribution is -0.137. The zero-order valence-corrected chi connectivity index (χ0v) is 12.1. The van der Waals surface area contributed by atoms with E-state index in [0.717, 1.165) is 10.3 Å². The Bertz CT molecular complexity index is 175. The van der Waals surface area contributed by atoms with Crippen molar-refractivity contribution in [3.05, 3.63) is 0 Å². The van der Waals surface area contributed by atoms with Crippen LogP contribution in [0.1, 0.15) is 53.4 Å². The van der Waals surface area contributed by atoms with E-state index < -0.39 is 0 Å². The molecule has 0 aromatic heterocycles. The van der Waals surface area contributed by atoms with E-state index in [-0.39, 0.29) is 11.2 Å². The Kier molecular flexibility index (Phi) is 4.27. The fourth-order valence-electron chi connectivity index (χ4n) is 2.20. The minimum Gasteiger partial charge on any atom is -0.369 e. The molecule has 0 unspecified atom stereocenters. The molecule has 0 aromatic carbocycles. The third-order valence-corrected chi connectivity index (χ3v) is 4.34. The lowest BCUT2D eigenvalue weighted by Gasteiger charge is -2.42. The van der Waals surface area contributed by atoms with Gasteiger partial charge in [0, 0.05) is 4.43 Å². The largest absolute Gasteiger partial charge is 0.369 e.